The molecule has 0 radical (unpaired) electrons. The van der Waals surface area contributed by atoms with Crippen LogP contribution in [0.2, 0.25) is 0 Å². The van der Waals surface area contributed by atoms with E-state index in [4.69, 9.17) is 5.73 Å². The highest BCUT2D eigenvalue weighted by Gasteiger charge is 2.04. The lowest BCUT2D eigenvalue weighted by molar-refractivity contribution is -0.118. The monoisotopic (exact) mass is 262 g/mol. The van der Waals surface area contributed by atoms with Crippen LogP contribution in [0.1, 0.15) is 5.56 Å². The highest BCUT2D eigenvalue weighted by Crippen LogP contribution is 2.21. The van der Waals surface area contributed by atoms with Crippen molar-refractivity contribution in [3.63, 3.8) is 0 Å². The van der Waals surface area contributed by atoms with Crippen molar-refractivity contribution < 1.29 is 4.79 Å². The van der Waals surface area contributed by atoms with Gasteiger partial charge < -0.3 is 5.73 Å². The summed E-state index contributed by atoms with van der Waals surface area (Å²) >= 11 is 5.02. The fourth-order valence-electron chi connectivity index (χ4n) is 1.06. The van der Waals surface area contributed by atoms with Gasteiger partial charge in [-0.2, -0.15) is 0 Å². The largest absolute Gasteiger partial charge is 0.369 e. The van der Waals surface area contributed by atoms with Gasteiger partial charge in [-0.1, -0.05) is 0 Å². The Kier molecular flexibility index (Phi) is 3.90. The van der Waals surface area contributed by atoms with Crippen molar-refractivity contribution in [2.75, 3.05) is 13.6 Å². The number of carbonyl (C=O) groups excluding carboxylic acids is 1. The van der Waals surface area contributed by atoms with E-state index in [1.54, 1.807) is 11.3 Å². The Hall–Kier alpha value is -0.390. The molecule has 0 saturated heterocycles. The predicted molar refractivity (Wildman–Crippen MR) is 57.5 cm³/mol. The molecule has 1 aromatic rings. The zero-order valence-electron chi connectivity index (χ0n) is 7.29. The predicted octanol–water partition coefficient (Wildman–Crippen LogP) is 1.43. The summed E-state index contributed by atoms with van der Waals surface area (Å²) in [5.74, 6) is -0.295. The second-order valence-corrected chi connectivity index (χ2v) is 5.19. The van der Waals surface area contributed by atoms with E-state index in [0.29, 0.717) is 6.54 Å². The van der Waals surface area contributed by atoms with E-state index in [9.17, 15) is 4.79 Å². The number of amides is 1. The number of primary amides is 1. The summed E-state index contributed by atoms with van der Waals surface area (Å²) in [4.78, 5) is 12.5. The second-order valence-electron chi connectivity index (χ2n) is 2.90. The van der Waals surface area contributed by atoms with Gasteiger partial charge in [-0.25, -0.2) is 0 Å². The molecule has 0 aliphatic carbocycles. The molecule has 3 nitrogen and oxygen atoms in total. The average Bonchev–Trinajstić information content (AvgIpc) is 2.33. The molecule has 0 aromatic carbocycles. The van der Waals surface area contributed by atoms with E-state index in [-0.39, 0.29) is 5.91 Å². The fourth-order valence-corrected chi connectivity index (χ4v) is 2.26. The van der Waals surface area contributed by atoms with Crippen LogP contribution in [-0.4, -0.2) is 24.4 Å². The van der Waals surface area contributed by atoms with Crippen LogP contribution < -0.4 is 5.73 Å². The first-order chi connectivity index (χ1) is 6.08. The van der Waals surface area contributed by atoms with Gasteiger partial charge in [0.15, 0.2) is 0 Å². The summed E-state index contributed by atoms with van der Waals surface area (Å²) in [5.41, 5.74) is 6.26. The quantitative estimate of drug-likeness (QED) is 0.893. The minimum atomic E-state index is -0.295. The lowest BCUT2D eigenvalue weighted by atomic mass is 10.3. The fraction of sp³-hybridized carbons (Fsp3) is 0.375. The first-order valence-electron chi connectivity index (χ1n) is 3.77. The van der Waals surface area contributed by atoms with Gasteiger partial charge in [-0.15, -0.1) is 11.3 Å². The highest BCUT2D eigenvalue weighted by atomic mass is 79.9. The highest BCUT2D eigenvalue weighted by molar-refractivity contribution is 9.11. The summed E-state index contributed by atoms with van der Waals surface area (Å²) in [6, 6.07) is 2.04. The van der Waals surface area contributed by atoms with Crippen LogP contribution in [0.5, 0.6) is 0 Å². The molecule has 1 aromatic heterocycles. The molecule has 1 heterocycles. The van der Waals surface area contributed by atoms with Crippen LogP contribution in [0.15, 0.2) is 15.2 Å². The Bertz CT molecular complexity index is 300. The summed E-state index contributed by atoms with van der Waals surface area (Å²) < 4.78 is 1.11. The third kappa shape index (κ3) is 3.89. The van der Waals surface area contributed by atoms with Crippen molar-refractivity contribution in [3.8, 4) is 0 Å². The van der Waals surface area contributed by atoms with Crippen molar-refractivity contribution in [2.24, 2.45) is 5.73 Å². The number of halogens is 1. The molecule has 1 rings (SSSR count). The summed E-state index contributed by atoms with van der Waals surface area (Å²) in [5, 5.41) is 2.06. The topological polar surface area (TPSA) is 46.3 Å². The lowest BCUT2D eigenvalue weighted by Crippen LogP contribution is -2.30. The normalized spacial score (nSPS) is 10.7. The van der Waals surface area contributed by atoms with E-state index < -0.39 is 0 Å². The lowest BCUT2D eigenvalue weighted by Gasteiger charge is -2.12. The minimum Gasteiger partial charge on any atom is -0.369 e. The molecule has 1 amide bonds. The van der Waals surface area contributed by atoms with Gasteiger partial charge in [0.05, 0.1) is 10.3 Å². The Morgan fingerprint density at radius 2 is 2.46 bits per heavy atom. The minimum absolute atomic E-state index is 0.295. The molecule has 0 bridgehead atoms. The van der Waals surface area contributed by atoms with E-state index in [2.05, 4.69) is 21.3 Å². The molecule has 0 unspecified atom stereocenters. The van der Waals surface area contributed by atoms with Crippen molar-refractivity contribution in [3.05, 3.63) is 20.8 Å². The Morgan fingerprint density at radius 1 is 1.77 bits per heavy atom. The van der Waals surface area contributed by atoms with Gasteiger partial charge in [-0.05, 0) is 40.0 Å². The van der Waals surface area contributed by atoms with Gasteiger partial charge in [0.1, 0.15) is 0 Å². The first kappa shape index (κ1) is 10.7. The first-order valence-corrected chi connectivity index (χ1v) is 5.45. The maximum Gasteiger partial charge on any atom is 0.231 e. The number of rotatable bonds is 4. The molecule has 2 N–H and O–H groups in total. The number of carbonyl (C=O) groups is 1. The maximum atomic E-state index is 10.6. The summed E-state index contributed by atoms with van der Waals surface area (Å²) in [6.45, 7) is 1.05. The molecule has 0 aliphatic heterocycles. The smallest absolute Gasteiger partial charge is 0.231 e. The van der Waals surface area contributed by atoms with Crippen molar-refractivity contribution in [2.45, 2.75) is 6.54 Å². The van der Waals surface area contributed by atoms with Crippen LogP contribution in [-0.2, 0) is 11.3 Å². The van der Waals surface area contributed by atoms with Crippen LogP contribution in [0.25, 0.3) is 0 Å². The number of likely N-dealkylation sites (N-methyl/N-ethyl adjacent to an activating group) is 1. The van der Waals surface area contributed by atoms with Gasteiger partial charge in [0, 0.05) is 6.54 Å². The summed E-state index contributed by atoms with van der Waals surface area (Å²) in [7, 11) is 1.87. The van der Waals surface area contributed by atoms with E-state index in [1.165, 1.54) is 5.56 Å². The molecule has 0 spiro atoms. The van der Waals surface area contributed by atoms with Gasteiger partial charge >= 0.3 is 0 Å². The van der Waals surface area contributed by atoms with Crippen LogP contribution in [0.4, 0.5) is 0 Å². The summed E-state index contributed by atoms with van der Waals surface area (Å²) in [6.07, 6.45) is 0. The molecule has 0 atom stereocenters. The van der Waals surface area contributed by atoms with Crippen LogP contribution in [0, 0.1) is 0 Å². The van der Waals surface area contributed by atoms with Gasteiger partial charge in [-0.3, -0.25) is 9.69 Å². The number of hydrogen-bond donors (Lipinski definition) is 1. The SMILES string of the molecule is CN(CC(N)=O)Cc1csc(Br)c1. The van der Waals surface area contributed by atoms with Crippen molar-refractivity contribution in [1.82, 2.24) is 4.90 Å². The molecule has 13 heavy (non-hydrogen) atoms. The molecule has 0 aliphatic rings. The van der Waals surface area contributed by atoms with E-state index in [1.807, 2.05) is 18.0 Å². The van der Waals surface area contributed by atoms with Crippen molar-refractivity contribution >= 4 is 33.2 Å². The standard InChI is InChI=1S/C8H11BrN2OS/c1-11(4-8(10)12)3-6-2-7(9)13-5-6/h2,5H,3-4H2,1H3,(H2,10,12). The maximum absolute atomic E-state index is 10.6. The third-order valence-corrected chi connectivity index (χ3v) is 3.05. The molecular weight excluding hydrogens is 252 g/mol. The molecule has 0 fully saturated rings. The number of nitrogens with zero attached hydrogens (tertiary/aromatic N) is 1. The number of nitrogens with two attached hydrogens (primary N) is 1. The molecule has 72 valence electrons. The number of thiophene rings is 1. The van der Waals surface area contributed by atoms with E-state index in [0.717, 1.165) is 10.3 Å². The Labute approximate surface area is 89.7 Å². The molecule has 5 heteroatoms. The Morgan fingerprint density at radius 3 is 2.92 bits per heavy atom. The average molecular weight is 263 g/mol. The zero-order valence-corrected chi connectivity index (χ0v) is 9.69. The number of hydrogen-bond acceptors (Lipinski definition) is 3. The molecule has 0 saturated carbocycles. The third-order valence-electron chi connectivity index (χ3n) is 1.50. The van der Waals surface area contributed by atoms with Crippen LogP contribution in [0.3, 0.4) is 0 Å². The Balaban J connectivity index is 2.44. The second kappa shape index (κ2) is 4.74. The zero-order chi connectivity index (χ0) is 9.84. The molecular formula is C8H11BrN2OS. The van der Waals surface area contributed by atoms with Crippen molar-refractivity contribution in [1.29, 1.82) is 0 Å². The van der Waals surface area contributed by atoms with E-state index >= 15 is 0 Å². The van der Waals surface area contributed by atoms with Gasteiger partial charge in [0.25, 0.3) is 0 Å². The van der Waals surface area contributed by atoms with Gasteiger partial charge in [0.2, 0.25) is 5.91 Å². The van der Waals surface area contributed by atoms with Crippen LogP contribution >= 0.6 is 27.3 Å².